The van der Waals surface area contributed by atoms with Crippen LogP contribution in [0.2, 0.25) is 0 Å². The minimum atomic E-state index is -1.35. The van der Waals surface area contributed by atoms with E-state index in [9.17, 15) is 14.4 Å². The van der Waals surface area contributed by atoms with Gasteiger partial charge < -0.3 is 20.1 Å². The van der Waals surface area contributed by atoms with Crippen LogP contribution in [0.1, 0.15) is 16.8 Å². The number of carboxylic acids is 1. The van der Waals surface area contributed by atoms with Crippen molar-refractivity contribution in [3.8, 4) is 0 Å². The van der Waals surface area contributed by atoms with Gasteiger partial charge in [0.15, 0.2) is 0 Å². The van der Waals surface area contributed by atoms with E-state index in [-0.39, 0.29) is 5.56 Å². The van der Waals surface area contributed by atoms with Gasteiger partial charge in [-0.3, -0.25) is 9.59 Å². The van der Waals surface area contributed by atoms with Gasteiger partial charge in [-0.25, -0.2) is 9.78 Å². The van der Waals surface area contributed by atoms with Crippen molar-refractivity contribution in [1.82, 2.24) is 10.3 Å². The highest BCUT2D eigenvalue weighted by molar-refractivity contribution is 5.97. The lowest BCUT2D eigenvalue weighted by Crippen LogP contribution is -2.42. The number of rotatable bonds is 6. The molecular weight excluding hydrogens is 278 g/mol. The first-order valence-corrected chi connectivity index (χ1v) is 6.09. The summed E-state index contributed by atoms with van der Waals surface area (Å²) in [5, 5.41) is 11.2. The van der Waals surface area contributed by atoms with Gasteiger partial charge in [-0.15, -0.1) is 0 Å². The number of nitrogens with one attached hydrogen (secondary N) is 1. The largest absolute Gasteiger partial charge is 0.480 e. The summed E-state index contributed by atoms with van der Waals surface area (Å²) in [6.07, 6.45) is 0.891. The molecule has 0 aliphatic heterocycles. The van der Waals surface area contributed by atoms with E-state index in [1.54, 1.807) is 25.1 Å². The number of pyridine rings is 1. The van der Waals surface area contributed by atoms with Gasteiger partial charge in [0.2, 0.25) is 0 Å². The molecule has 1 amide bonds. The summed E-state index contributed by atoms with van der Waals surface area (Å²) in [5.74, 6) is -1.99. The van der Waals surface area contributed by atoms with Crippen molar-refractivity contribution in [3.63, 3.8) is 0 Å². The number of nitrogens with zero attached hydrogens (tertiary/aromatic N) is 2. The monoisotopic (exact) mass is 295 g/mol. The van der Waals surface area contributed by atoms with Crippen molar-refractivity contribution in [2.75, 3.05) is 26.1 Å². The molecule has 8 nitrogen and oxygen atoms in total. The summed E-state index contributed by atoms with van der Waals surface area (Å²) in [6.45, 7) is 0. The maximum Gasteiger partial charge on any atom is 0.326 e. The Bertz CT molecular complexity index is 527. The number of methoxy groups -OCH3 is 1. The molecule has 0 aliphatic rings. The van der Waals surface area contributed by atoms with Crippen LogP contribution in [0.25, 0.3) is 0 Å². The Kier molecular flexibility index (Phi) is 5.65. The molecular formula is C13H17N3O5. The Morgan fingerprint density at radius 2 is 2.05 bits per heavy atom. The van der Waals surface area contributed by atoms with Gasteiger partial charge in [0.25, 0.3) is 5.91 Å². The number of ether oxygens (including phenoxy) is 1. The van der Waals surface area contributed by atoms with E-state index in [2.05, 4.69) is 15.0 Å². The normalized spacial score (nSPS) is 11.4. The van der Waals surface area contributed by atoms with E-state index in [1.165, 1.54) is 12.3 Å². The van der Waals surface area contributed by atoms with Crippen LogP contribution < -0.4 is 10.2 Å². The van der Waals surface area contributed by atoms with Gasteiger partial charge in [0, 0.05) is 20.3 Å². The molecule has 0 saturated carbocycles. The van der Waals surface area contributed by atoms with Crippen molar-refractivity contribution in [2.24, 2.45) is 0 Å². The topological polar surface area (TPSA) is 109 Å². The number of aliphatic carboxylic acids is 1. The van der Waals surface area contributed by atoms with Gasteiger partial charge in [-0.05, 0) is 12.1 Å². The molecule has 1 rings (SSSR count). The SMILES string of the molecule is COC(=O)C[C@H](NC(=O)c1ccc(N(C)C)nc1)C(=O)O. The first-order chi connectivity index (χ1) is 9.85. The molecule has 1 heterocycles. The summed E-state index contributed by atoms with van der Waals surface area (Å²) >= 11 is 0. The van der Waals surface area contributed by atoms with E-state index in [0.29, 0.717) is 5.82 Å². The molecule has 0 aromatic carbocycles. The predicted octanol–water partition coefficient (Wildman–Crippen LogP) is -0.106. The lowest BCUT2D eigenvalue weighted by atomic mass is 10.2. The average molecular weight is 295 g/mol. The molecule has 8 heteroatoms. The number of anilines is 1. The van der Waals surface area contributed by atoms with Crippen molar-refractivity contribution >= 4 is 23.7 Å². The van der Waals surface area contributed by atoms with Crippen LogP contribution in [0.5, 0.6) is 0 Å². The fourth-order valence-electron chi connectivity index (χ4n) is 1.48. The molecule has 0 bridgehead atoms. The van der Waals surface area contributed by atoms with Crippen molar-refractivity contribution in [1.29, 1.82) is 0 Å². The van der Waals surface area contributed by atoms with Crippen LogP contribution >= 0.6 is 0 Å². The maximum absolute atomic E-state index is 11.9. The minimum absolute atomic E-state index is 0.205. The van der Waals surface area contributed by atoms with Crippen LogP contribution in [0, 0.1) is 0 Å². The maximum atomic E-state index is 11.9. The van der Waals surface area contributed by atoms with E-state index in [4.69, 9.17) is 5.11 Å². The highest BCUT2D eigenvalue weighted by Gasteiger charge is 2.24. The Morgan fingerprint density at radius 1 is 1.38 bits per heavy atom. The second-order valence-electron chi connectivity index (χ2n) is 4.44. The first kappa shape index (κ1) is 16.4. The number of esters is 1. The van der Waals surface area contributed by atoms with E-state index >= 15 is 0 Å². The molecule has 114 valence electrons. The molecule has 21 heavy (non-hydrogen) atoms. The van der Waals surface area contributed by atoms with Crippen LogP contribution in [-0.4, -0.2) is 55.2 Å². The van der Waals surface area contributed by atoms with E-state index < -0.39 is 30.3 Å². The molecule has 0 fully saturated rings. The van der Waals surface area contributed by atoms with Crippen LogP contribution in [-0.2, 0) is 14.3 Å². The Hall–Kier alpha value is -2.64. The van der Waals surface area contributed by atoms with Crippen LogP contribution in [0.15, 0.2) is 18.3 Å². The third-order valence-electron chi connectivity index (χ3n) is 2.67. The number of carbonyl (C=O) groups is 3. The lowest BCUT2D eigenvalue weighted by Gasteiger charge is -2.14. The standard InChI is InChI=1S/C13H17N3O5/c1-16(2)10-5-4-8(7-14-10)12(18)15-9(13(19)20)6-11(17)21-3/h4-5,7,9H,6H2,1-3H3,(H,15,18)(H,19,20)/t9-/m0/s1. The van der Waals surface area contributed by atoms with E-state index in [0.717, 1.165) is 7.11 Å². The molecule has 0 saturated heterocycles. The zero-order valence-corrected chi connectivity index (χ0v) is 12.0. The molecule has 1 atom stereocenters. The summed E-state index contributed by atoms with van der Waals surface area (Å²) in [4.78, 5) is 39.9. The van der Waals surface area contributed by atoms with Crippen LogP contribution in [0.3, 0.4) is 0 Å². The molecule has 0 spiro atoms. The summed E-state index contributed by atoms with van der Waals surface area (Å²) in [5.41, 5.74) is 0.205. The summed E-state index contributed by atoms with van der Waals surface area (Å²) in [7, 11) is 4.75. The minimum Gasteiger partial charge on any atom is -0.480 e. The predicted molar refractivity (Wildman–Crippen MR) is 74.1 cm³/mol. The number of hydrogen-bond acceptors (Lipinski definition) is 6. The Labute approximate surface area is 121 Å². The average Bonchev–Trinajstić information content (AvgIpc) is 2.46. The van der Waals surface area contributed by atoms with Crippen molar-refractivity contribution in [2.45, 2.75) is 12.5 Å². The van der Waals surface area contributed by atoms with Crippen LogP contribution in [0.4, 0.5) is 5.82 Å². The first-order valence-electron chi connectivity index (χ1n) is 6.09. The molecule has 0 aliphatic carbocycles. The molecule has 1 aromatic rings. The molecule has 2 N–H and O–H groups in total. The van der Waals surface area contributed by atoms with Gasteiger partial charge in [0.1, 0.15) is 11.9 Å². The highest BCUT2D eigenvalue weighted by atomic mass is 16.5. The van der Waals surface area contributed by atoms with Crippen molar-refractivity contribution in [3.05, 3.63) is 23.9 Å². The fraction of sp³-hybridized carbons (Fsp3) is 0.385. The Morgan fingerprint density at radius 3 is 2.48 bits per heavy atom. The molecule has 1 aromatic heterocycles. The lowest BCUT2D eigenvalue weighted by molar-refractivity contribution is -0.147. The number of carboxylic acid groups (broad SMARTS) is 1. The second-order valence-corrected chi connectivity index (χ2v) is 4.44. The fourth-order valence-corrected chi connectivity index (χ4v) is 1.48. The number of carbonyl (C=O) groups excluding carboxylic acids is 2. The number of aromatic nitrogens is 1. The number of amides is 1. The van der Waals surface area contributed by atoms with Gasteiger partial charge in [0.05, 0.1) is 19.1 Å². The van der Waals surface area contributed by atoms with Crippen molar-refractivity contribution < 1.29 is 24.2 Å². The summed E-state index contributed by atoms with van der Waals surface area (Å²) < 4.78 is 4.39. The summed E-state index contributed by atoms with van der Waals surface area (Å²) in [6, 6.07) is 1.80. The van der Waals surface area contributed by atoms with E-state index in [1.807, 2.05) is 0 Å². The Balaban J connectivity index is 2.77. The highest BCUT2D eigenvalue weighted by Crippen LogP contribution is 2.08. The third-order valence-corrected chi connectivity index (χ3v) is 2.67. The molecule has 0 unspecified atom stereocenters. The zero-order chi connectivity index (χ0) is 16.0. The smallest absolute Gasteiger partial charge is 0.326 e. The third kappa shape index (κ3) is 4.75. The molecule has 0 radical (unpaired) electrons. The van der Waals surface area contributed by atoms with Gasteiger partial charge >= 0.3 is 11.9 Å². The van der Waals surface area contributed by atoms with Gasteiger partial charge in [-0.1, -0.05) is 0 Å². The quantitative estimate of drug-likeness (QED) is 0.705. The second kappa shape index (κ2) is 7.22. The number of hydrogen-bond donors (Lipinski definition) is 2. The zero-order valence-electron chi connectivity index (χ0n) is 12.0. The van der Waals surface area contributed by atoms with Gasteiger partial charge in [-0.2, -0.15) is 0 Å².